The smallest absolute Gasteiger partial charge is 0.307 e. The van der Waals surface area contributed by atoms with Crippen molar-refractivity contribution in [1.82, 2.24) is 0 Å². The molecule has 0 unspecified atom stereocenters. The number of amides is 2. The monoisotopic (exact) mass is 296 g/mol. The third-order valence-corrected chi connectivity index (χ3v) is 2.86. The molecule has 2 aromatic carbocycles. The minimum atomic E-state index is -0.844. The number of benzene rings is 2. The van der Waals surface area contributed by atoms with Gasteiger partial charge in [0.1, 0.15) is 11.6 Å². The fourth-order valence-electron chi connectivity index (χ4n) is 1.60. The second-order valence-corrected chi connectivity index (χ2v) is 4.60. The zero-order valence-electron chi connectivity index (χ0n) is 10.5. The largest absolute Gasteiger partial charge is 0.323 e. The van der Waals surface area contributed by atoms with Crippen LogP contribution in [0.3, 0.4) is 0 Å². The van der Waals surface area contributed by atoms with Gasteiger partial charge in [0.2, 0.25) is 0 Å². The zero-order valence-corrected chi connectivity index (χ0v) is 11.3. The van der Waals surface area contributed by atoms with Crippen LogP contribution in [0.2, 0.25) is 5.02 Å². The van der Waals surface area contributed by atoms with Crippen molar-refractivity contribution >= 4 is 29.0 Å². The number of hydrogen-bond acceptors (Lipinski definition) is 1. The predicted octanol–water partition coefficient (Wildman–Crippen LogP) is 4.57. The molecular weight excluding hydrogens is 286 g/mol. The fraction of sp³-hybridized carbons (Fsp3) is 0.0714. The Morgan fingerprint density at radius 3 is 2.45 bits per heavy atom. The highest BCUT2D eigenvalue weighted by atomic mass is 35.5. The number of aryl methyl sites for hydroxylation is 1. The third kappa shape index (κ3) is 3.45. The quantitative estimate of drug-likeness (QED) is 0.837. The Kier molecular flexibility index (Phi) is 4.20. The number of anilines is 2. The van der Waals surface area contributed by atoms with E-state index in [1.54, 1.807) is 25.1 Å². The van der Waals surface area contributed by atoms with Gasteiger partial charge in [0.25, 0.3) is 0 Å². The third-order valence-electron chi connectivity index (χ3n) is 2.63. The van der Waals surface area contributed by atoms with Crippen molar-refractivity contribution in [2.24, 2.45) is 0 Å². The lowest BCUT2D eigenvalue weighted by molar-refractivity contribution is 0.262. The number of nitrogens with one attached hydrogen (secondary N) is 2. The van der Waals surface area contributed by atoms with Gasteiger partial charge in [-0.2, -0.15) is 0 Å². The number of carbonyl (C=O) groups is 1. The summed E-state index contributed by atoms with van der Waals surface area (Å²) in [6.07, 6.45) is 0. The summed E-state index contributed by atoms with van der Waals surface area (Å²) in [4.78, 5) is 11.8. The zero-order chi connectivity index (χ0) is 14.7. The molecule has 20 heavy (non-hydrogen) atoms. The van der Waals surface area contributed by atoms with Crippen LogP contribution in [-0.4, -0.2) is 6.03 Å². The maximum atomic E-state index is 13.4. The molecule has 104 valence electrons. The van der Waals surface area contributed by atoms with Crippen LogP contribution in [0.5, 0.6) is 0 Å². The first kappa shape index (κ1) is 14.3. The van der Waals surface area contributed by atoms with Gasteiger partial charge in [0.15, 0.2) is 0 Å². The first-order valence-electron chi connectivity index (χ1n) is 5.75. The van der Waals surface area contributed by atoms with E-state index in [-0.39, 0.29) is 5.69 Å². The topological polar surface area (TPSA) is 41.1 Å². The SMILES string of the molecule is Cc1ccc(Cl)cc1NC(=O)Nc1ccc(F)cc1F. The van der Waals surface area contributed by atoms with Crippen LogP contribution in [0.15, 0.2) is 36.4 Å². The van der Waals surface area contributed by atoms with Gasteiger partial charge in [-0.3, -0.25) is 0 Å². The predicted molar refractivity (Wildman–Crippen MR) is 75.2 cm³/mol. The molecule has 6 heteroatoms. The maximum absolute atomic E-state index is 13.4. The summed E-state index contributed by atoms with van der Waals surface area (Å²) >= 11 is 5.83. The van der Waals surface area contributed by atoms with Crippen LogP contribution in [0.1, 0.15) is 5.56 Å². The second-order valence-electron chi connectivity index (χ2n) is 4.16. The minimum absolute atomic E-state index is 0.108. The number of carbonyl (C=O) groups excluding carboxylic acids is 1. The summed E-state index contributed by atoms with van der Waals surface area (Å²) in [5, 5.41) is 5.32. The number of halogens is 3. The summed E-state index contributed by atoms with van der Waals surface area (Å²) in [6, 6.07) is 7.28. The highest BCUT2D eigenvalue weighted by Crippen LogP contribution is 2.21. The highest BCUT2D eigenvalue weighted by molar-refractivity contribution is 6.31. The maximum Gasteiger partial charge on any atom is 0.323 e. The Balaban J connectivity index is 2.11. The standard InChI is InChI=1S/C14H11ClF2N2O/c1-8-2-3-9(15)6-13(8)19-14(20)18-12-5-4-10(16)7-11(12)17/h2-7H,1H3,(H2,18,19,20). The van der Waals surface area contributed by atoms with Crippen molar-refractivity contribution in [1.29, 1.82) is 0 Å². The average Bonchev–Trinajstić information content (AvgIpc) is 2.37. The van der Waals surface area contributed by atoms with Crippen molar-refractivity contribution in [3.05, 3.63) is 58.6 Å². The average molecular weight is 297 g/mol. The van der Waals surface area contributed by atoms with Crippen molar-refractivity contribution < 1.29 is 13.6 Å². The number of hydrogen-bond donors (Lipinski definition) is 2. The van der Waals surface area contributed by atoms with Crippen LogP contribution >= 0.6 is 11.6 Å². The summed E-state index contributed by atoms with van der Waals surface area (Å²) in [7, 11) is 0. The van der Waals surface area contributed by atoms with Crippen molar-refractivity contribution in [3.8, 4) is 0 Å². The van der Waals surface area contributed by atoms with E-state index in [2.05, 4.69) is 10.6 Å². The molecule has 0 aliphatic rings. The molecule has 0 aromatic heterocycles. The van der Waals surface area contributed by atoms with E-state index < -0.39 is 17.7 Å². The van der Waals surface area contributed by atoms with Gasteiger partial charge in [0, 0.05) is 16.8 Å². The lowest BCUT2D eigenvalue weighted by Crippen LogP contribution is -2.20. The molecule has 0 saturated heterocycles. The van der Waals surface area contributed by atoms with E-state index in [1.165, 1.54) is 0 Å². The van der Waals surface area contributed by atoms with Gasteiger partial charge in [0.05, 0.1) is 5.69 Å². The van der Waals surface area contributed by atoms with E-state index in [4.69, 9.17) is 11.6 Å². The summed E-state index contributed by atoms with van der Waals surface area (Å²) in [5.41, 5.74) is 1.21. The first-order valence-corrected chi connectivity index (χ1v) is 6.13. The van der Waals surface area contributed by atoms with Gasteiger partial charge >= 0.3 is 6.03 Å². The molecular formula is C14H11ClF2N2O. The Hall–Kier alpha value is -2.14. The summed E-state index contributed by atoms with van der Waals surface area (Å²) in [6.45, 7) is 1.80. The minimum Gasteiger partial charge on any atom is -0.307 e. The van der Waals surface area contributed by atoms with Crippen LogP contribution in [0.4, 0.5) is 25.0 Å². The first-order chi connectivity index (χ1) is 9.45. The Morgan fingerprint density at radius 1 is 1.05 bits per heavy atom. The van der Waals surface area contributed by atoms with Gasteiger partial charge in [-0.1, -0.05) is 17.7 Å². The van der Waals surface area contributed by atoms with Crippen LogP contribution in [-0.2, 0) is 0 Å². The molecule has 0 atom stereocenters. The van der Waals surface area contributed by atoms with Gasteiger partial charge in [-0.25, -0.2) is 13.6 Å². The van der Waals surface area contributed by atoms with E-state index in [0.29, 0.717) is 16.8 Å². The molecule has 2 aromatic rings. The molecule has 0 radical (unpaired) electrons. The van der Waals surface area contributed by atoms with Gasteiger partial charge < -0.3 is 10.6 Å². The second kappa shape index (κ2) is 5.88. The Labute approximate surface area is 119 Å². The molecule has 0 fully saturated rings. The summed E-state index contributed by atoms with van der Waals surface area (Å²) in [5.74, 6) is -1.55. The van der Waals surface area contributed by atoms with Crippen LogP contribution in [0.25, 0.3) is 0 Å². The number of rotatable bonds is 2. The van der Waals surface area contributed by atoms with E-state index >= 15 is 0 Å². The molecule has 0 spiro atoms. The Bertz CT molecular complexity index is 662. The van der Waals surface area contributed by atoms with Gasteiger partial charge in [-0.15, -0.1) is 0 Å². The normalized spacial score (nSPS) is 10.2. The lowest BCUT2D eigenvalue weighted by atomic mass is 10.2. The molecule has 0 bridgehead atoms. The Morgan fingerprint density at radius 2 is 1.75 bits per heavy atom. The number of urea groups is 1. The van der Waals surface area contributed by atoms with Crippen molar-refractivity contribution in [2.45, 2.75) is 6.92 Å². The van der Waals surface area contributed by atoms with E-state index in [0.717, 1.165) is 17.7 Å². The molecule has 0 aliphatic heterocycles. The molecule has 0 saturated carbocycles. The van der Waals surface area contributed by atoms with E-state index in [9.17, 15) is 13.6 Å². The van der Waals surface area contributed by atoms with Gasteiger partial charge in [-0.05, 0) is 36.8 Å². The summed E-state index contributed by atoms with van der Waals surface area (Å²) < 4.78 is 26.1. The lowest BCUT2D eigenvalue weighted by Gasteiger charge is -2.10. The van der Waals surface area contributed by atoms with Crippen LogP contribution in [0, 0.1) is 18.6 Å². The highest BCUT2D eigenvalue weighted by Gasteiger charge is 2.09. The van der Waals surface area contributed by atoms with Crippen LogP contribution < -0.4 is 10.6 Å². The molecule has 0 heterocycles. The van der Waals surface area contributed by atoms with E-state index in [1.807, 2.05) is 0 Å². The molecule has 2 rings (SSSR count). The van der Waals surface area contributed by atoms with Crippen molar-refractivity contribution in [2.75, 3.05) is 10.6 Å². The molecule has 3 nitrogen and oxygen atoms in total. The fourth-order valence-corrected chi connectivity index (χ4v) is 1.77. The molecule has 2 amide bonds. The molecule has 0 aliphatic carbocycles. The molecule has 2 N–H and O–H groups in total. The van der Waals surface area contributed by atoms with Crippen molar-refractivity contribution in [3.63, 3.8) is 0 Å².